The number of halogens is 1. The molecule has 0 bridgehead atoms. The van der Waals surface area contributed by atoms with Crippen LogP contribution >= 0.6 is 11.6 Å². The number of carbonyl (C=O) groups excluding carboxylic acids is 1. The predicted octanol–water partition coefficient (Wildman–Crippen LogP) is 5.14. The van der Waals surface area contributed by atoms with E-state index in [0.29, 0.717) is 34.5 Å². The highest BCUT2D eigenvalue weighted by Crippen LogP contribution is 2.29. The summed E-state index contributed by atoms with van der Waals surface area (Å²) in [6.07, 6.45) is 12.8. The largest absolute Gasteiger partial charge is 0.496 e. The molecule has 1 amide bonds. The minimum absolute atomic E-state index is 0.165. The molecular formula is C26H42ClN3O3. The SMILES string of the molecule is COc1cc(N)c(Cl)cc1C(=O)NCC1CCN(CCCCCOCC2CCCCC2)CC1. The van der Waals surface area contributed by atoms with Gasteiger partial charge in [-0.25, -0.2) is 0 Å². The van der Waals surface area contributed by atoms with Gasteiger partial charge in [-0.15, -0.1) is 0 Å². The highest BCUT2D eigenvalue weighted by atomic mass is 35.5. The van der Waals surface area contributed by atoms with Gasteiger partial charge in [-0.3, -0.25) is 4.79 Å². The fraction of sp³-hybridized carbons (Fsp3) is 0.731. The Morgan fingerprint density at radius 1 is 1.09 bits per heavy atom. The lowest BCUT2D eigenvalue weighted by Gasteiger charge is -2.32. The maximum Gasteiger partial charge on any atom is 0.255 e. The Bertz CT molecular complexity index is 732. The van der Waals surface area contributed by atoms with Crippen molar-refractivity contribution < 1.29 is 14.3 Å². The number of nitrogens with two attached hydrogens (primary N) is 1. The van der Waals surface area contributed by atoms with Gasteiger partial charge in [0.1, 0.15) is 5.75 Å². The summed E-state index contributed by atoms with van der Waals surface area (Å²) in [6.45, 7) is 5.95. The zero-order chi connectivity index (χ0) is 23.5. The minimum Gasteiger partial charge on any atom is -0.496 e. The monoisotopic (exact) mass is 479 g/mol. The van der Waals surface area contributed by atoms with Gasteiger partial charge in [0.25, 0.3) is 5.91 Å². The smallest absolute Gasteiger partial charge is 0.255 e. The number of methoxy groups -OCH3 is 1. The number of nitrogens with zero attached hydrogens (tertiary/aromatic N) is 1. The van der Waals surface area contributed by atoms with Crippen LogP contribution in [0.15, 0.2) is 12.1 Å². The quantitative estimate of drug-likeness (QED) is 0.320. The van der Waals surface area contributed by atoms with Crippen LogP contribution in [0.3, 0.4) is 0 Å². The number of ether oxygens (including phenoxy) is 2. The van der Waals surface area contributed by atoms with Gasteiger partial charge in [-0.1, -0.05) is 30.9 Å². The summed E-state index contributed by atoms with van der Waals surface area (Å²) < 4.78 is 11.2. The van der Waals surface area contributed by atoms with Crippen LogP contribution in [0.25, 0.3) is 0 Å². The van der Waals surface area contributed by atoms with E-state index in [1.54, 1.807) is 12.1 Å². The van der Waals surface area contributed by atoms with E-state index in [1.807, 2.05) is 0 Å². The number of nitrogens with one attached hydrogen (secondary N) is 1. The molecule has 186 valence electrons. The molecule has 1 saturated heterocycles. The predicted molar refractivity (Wildman–Crippen MR) is 135 cm³/mol. The van der Waals surface area contributed by atoms with Crippen molar-refractivity contribution in [2.75, 3.05) is 52.2 Å². The first-order chi connectivity index (χ1) is 16.1. The number of carbonyl (C=O) groups is 1. The van der Waals surface area contributed by atoms with Crippen molar-refractivity contribution >= 4 is 23.2 Å². The molecule has 0 unspecified atom stereocenters. The van der Waals surface area contributed by atoms with Gasteiger partial charge in [0.15, 0.2) is 0 Å². The number of likely N-dealkylation sites (tertiary alicyclic amines) is 1. The van der Waals surface area contributed by atoms with Gasteiger partial charge >= 0.3 is 0 Å². The minimum atomic E-state index is -0.165. The zero-order valence-electron chi connectivity index (χ0n) is 20.3. The fourth-order valence-corrected chi connectivity index (χ4v) is 5.15. The normalized spacial score (nSPS) is 18.4. The Morgan fingerprint density at radius 2 is 1.85 bits per heavy atom. The molecule has 1 saturated carbocycles. The van der Waals surface area contributed by atoms with Gasteiger partial charge in [-0.2, -0.15) is 0 Å². The zero-order valence-corrected chi connectivity index (χ0v) is 21.0. The molecule has 3 rings (SSSR count). The lowest BCUT2D eigenvalue weighted by atomic mass is 9.90. The molecule has 6 nitrogen and oxygen atoms in total. The van der Waals surface area contributed by atoms with Gasteiger partial charge in [0.05, 0.1) is 23.4 Å². The Morgan fingerprint density at radius 3 is 2.58 bits per heavy atom. The third-order valence-electron chi connectivity index (χ3n) is 7.16. The summed E-state index contributed by atoms with van der Waals surface area (Å²) >= 11 is 6.09. The third-order valence-corrected chi connectivity index (χ3v) is 7.49. The Labute approximate surface area is 204 Å². The van der Waals surface area contributed by atoms with Crippen molar-refractivity contribution in [2.24, 2.45) is 11.8 Å². The highest BCUT2D eigenvalue weighted by molar-refractivity contribution is 6.33. The molecule has 1 heterocycles. The van der Waals surface area contributed by atoms with Crippen LogP contribution in [0.2, 0.25) is 5.02 Å². The molecule has 2 fully saturated rings. The van der Waals surface area contributed by atoms with Crippen LogP contribution in [-0.4, -0.2) is 57.3 Å². The molecule has 7 heteroatoms. The van der Waals surface area contributed by atoms with Crippen LogP contribution < -0.4 is 15.8 Å². The van der Waals surface area contributed by atoms with E-state index in [2.05, 4.69) is 10.2 Å². The summed E-state index contributed by atoms with van der Waals surface area (Å²) in [5.41, 5.74) is 6.64. The molecule has 1 aromatic carbocycles. The number of anilines is 1. The van der Waals surface area contributed by atoms with Crippen molar-refractivity contribution in [1.82, 2.24) is 10.2 Å². The van der Waals surface area contributed by atoms with Crippen LogP contribution in [0.5, 0.6) is 5.75 Å². The molecule has 0 spiro atoms. The van der Waals surface area contributed by atoms with E-state index in [-0.39, 0.29) is 5.91 Å². The first-order valence-corrected chi connectivity index (χ1v) is 13.2. The molecule has 3 N–H and O–H groups in total. The maximum absolute atomic E-state index is 12.6. The van der Waals surface area contributed by atoms with Gasteiger partial charge in [-0.05, 0) is 82.5 Å². The standard InChI is InChI=1S/C26H42ClN3O3/c1-32-25-17-24(28)23(27)16-22(25)26(31)29-18-20-10-13-30(14-11-20)12-6-3-7-15-33-19-21-8-4-2-5-9-21/h16-17,20-21H,2-15,18-19,28H2,1H3,(H,29,31). The molecule has 0 radical (unpaired) electrons. The lowest BCUT2D eigenvalue weighted by molar-refractivity contribution is 0.0816. The number of benzene rings is 1. The number of rotatable bonds is 12. The Balaban J connectivity index is 1.24. The molecule has 1 aromatic rings. The molecule has 33 heavy (non-hydrogen) atoms. The van der Waals surface area contributed by atoms with Crippen molar-refractivity contribution in [2.45, 2.75) is 64.2 Å². The van der Waals surface area contributed by atoms with E-state index in [1.165, 1.54) is 65.0 Å². The lowest BCUT2D eigenvalue weighted by Crippen LogP contribution is -2.39. The van der Waals surface area contributed by atoms with Crippen molar-refractivity contribution in [1.29, 1.82) is 0 Å². The molecular weight excluding hydrogens is 438 g/mol. The summed E-state index contributed by atoms with van der Waals surface area (Å²) in [5, 5.41) is 3.42. The Hall–Kier alpha value is -1.50. The van der Waals surface area contributed by atoms with E-state index in [9.17, 15) is 4.79 Å². The van der Waals surface area contributed by atoms with Crippen molar-refractivity contribution in [3.05, 3.63) is 22.7 Å². The van der Waals surface area contributed by atoms with Gasteiger partial charge in [0.2, 0.25) is 0 Å². The first-order valence-electron chi connectivity index (χ1n) is 12.8. The maximum atomic E-state index is 12.6. The topological polar surface area (TPSA) is 76.8 Å². The second-order valence-corrected chi connectivity index (χ2v) is 10.1. The van der Waals surface area contributed by atoms with E-state index >= 15 is 0 Å². The van der Waals surface area contributed by atoms with E-state index in [4.69, 9.17) is 26.8 Å². The number of amides is 1. The van der Waals surface area contributed by atoms with E-state index in [0.717, 1.165) is 45.1 Å². The van der Waals surface area contributed by atoms with Crippen LogP contribution in [0, 0.1) is 11.8 Å². The molecule has 0 atom stereocenters. The number of unbranched alkanes of at least 4 members (excludes halogenated alkanes) is 2. The summed E-state index contributed by atoms with van der Waals surface area (Å²) in [7, 11) is 1.53. The molecule has 0 aromatic heterocycles. The van der Waals surface area contributed by atoms with Gasteiger partial charge < -0.3 is 25.4 Å². The molecule has 1 aliphatic carbocycles. The average molecular weight is 480 g/mol. The van der Waals surface area contributed by atoms with Crippen molar-refractivity contribution in [3.63, 3.8) is 0 Å². The number of nitrogen functional groups attached to an aromatic ring is 1. The van der Waals surface area contributed by atoms with Gasteiger partial charge in [0, 0.05) is 25.8 Å². The first kappa shape index (κ1) is 26.1. The average Bonchev–Trinajstić information content (AvgIpc) is 2.84. The molecule has 1 aliphatic heterocycles. The van der Waals surface area contributed by atoms with E-state index < -0.39 is 0 Å². The summed E-state index contributed by atoms with van der Waals surface area (Å²) in [5.74, 6) is 1.61. The Kier molecular flexibility index (Phi) is 11.1. The van der Waals surface area contributed by atoms with Crippen LogP contribution in [0.1, 0.15) is 74.6 Å². The number of hydrogen-bond acceptors (Lipinski definition) is 5. The molecule has 2 aliphatic rings. The summed E-state index contributed by atoms with van der Waals surface area (Å²) in [6, 6.07) is 3.17. The fourth-order valence-electron chi connectivity index (χ4n) is 4.98. The van der Waals surface area contributed by atoms with Crippen LogP contribution in [0.4, 0.5) is 5.69 Å². The third kappa shape index (κ3) is 8.66. The number of piperidine rings is 1. The van der Waals surface area contributed by atoms with Crippen LogP contribution in [-0.2, 0) is 4.74 Å². The second kappa shape index (κ2) is 14.0. The second-order valence-electron chi connectivity index (χ2n) is 9.71. The highest BCUT2D eigenvalue weighted by Gasteiger charge is 2.21. The van der Waals surface area contributed by atoms with Crippen molar-refractivity contribution in [3.8, 4) is 5.75 Å². The summed E-state index contributed by atoms with van der Waals surface area (Å²) in [4.78, 5) is 15.2. The number of hydrogen-bond donors (Lipinski definition) is 2.